The third-order valence-electron chi connectivity index (χ3n) is 0.960. The molecule has 1 rings (SSSR count). The molecule has 0 aliphatic rings. The van der Waals surface area contributed by atoms with E-state index in [4.69, 9.17) is 0 Å². The molecule has 2 nitrogen and oxygen atoms in total. The summed E-state index contributed by atoms with van der Waals surface area (Å²) in [4.78, 5) is 0. The number of aromatic nitrogens is 1. The van der Waals surface area contributed by atoms with E-state index in [1.165, 1.54) is 0 Å². The van der Waals surface area contributed by atoms with Crippen molar-refractivity contribution in [1.29, 1.82) is 0 Å². The lowest BCUT2D eigenvalue weighted by Gasteiger charge is -1.84. The van der Waals surface area contributed by atoms with Crippen LogP contribution in [0.5, 0.6) is 0 Å². The molecule has 1 aromatic rings. The average Bonchev–Trinajstić information content (AvgIpc) is 2.37. The Labute approximate surface area is 62.2 Å². The maximum atomic E-state index is 11.8. The number of alkyl halides is 2. The van der Waals surface area contributed by atoms with E-state index in [-0.39, 0.29) is 5.69 Å². The van der Waals surface area contributed by atoms with E-state index in [9.17, 15) is 8.78 Å². The van der Waals surface area contributed by atoms with Gasteiger partial charge in [-0.15, -0.1) is 0 Å². The lowest BCUT2D eigenvalue weighted by atomic mass is 10.4. The molecule has 0 atom stereocenters. The molecule has 0 saturated carbocycles. The Bertz CT molecular complexity index is 295. The van der Waals surface area contributed by atoms with E-state index in [2.05, 4.69) is 28.4 Å². The summed E-state index contributed by atoms with van der Waals surface area (Å²) in [6, 6.07) is 1.09. The van der Waals surface area contributed by atoms with Gasteiger partial charge in [-0.25, -0.2) is 8.78 Å². The Morgan fingerprint density at radius 1 is 1.64 bits per heavy atom. The van der Waals surface area contributed by atoms with Crippen LogP contribution in [0.4, 0.5) is 8.78 Å². The molecule has 0 aliphatic heterocycles. The van der Waals surface area contributed by atoms with Gasteiger partial charge in [0.2, 0.25) is 5.76 Å². The molecule has 0 unspecified atom stereocenters. The molecule has 0 spiro atoms. The average molecular weight is 156 g/mol. The minimum atomic E-state index is -2.64. The lowest BCUT2D eigenvalue weighted by molar-refractivity contribution is 0.112. The fraction of sp³-hybridized carbons (Fsp3) is 0.143. The van der Waals surface area contributed by atoms with Crippen LogP contribution >= 0.6 is 0 Å². The first kappa shape index (κ1) is 7.73. The van der Waals surface area contributed by atoms with Crippen LogP contribution in [0.1, 0.15) is 17.9 Å². The van der Waals surface area contributed by atoms with E-state index in [0.717, 1.165) is 6.07 Å². The molecule has 1 heterocycles. The first-order chi connectivity index (χ1) is 5.24. The van der Waals surface area contributed by atoms with Crippen molar-refractivity contribution in [2.75, 3.05) is 0 Å². The molecule has 0 amide bonds. The van der Waals surface area contributed by atoms with E-state index >= 15 is 0 Å². The van der Waals surface area contributed by atoms with E-state index in [1.807, 2.05) is 0 Å². The van der Waals surface area contributed by atoms with Crippen molar-refractivity contribution in [3.8, 4) is 11.8 Å². The Balaban J connectivity index is 2.87. The van der Waals surface area contributed by atoms with Crippen LogP contribution in [0.2, 0.25) is 0 Å². The van der Waals surface area contributed by atoms with Gasteiger partial charge in [-0.1, -0.05) is 11.1 Å². The molecule has 0 aromatic carbocycles. The van der Waals surface area contributed by atoms with Gasteiger partial charge in [0.25, 0.3) is 6.43 Å². The Kier molecular flexibility index (Phi) is 2.21. The molecule has 0 fully saturated rings. The second kappa shape index (κ2) is 3.15. The predicted molar refractivity (Wildman–Crippen MR) is 33.7 cm³/mol. The van der Waals surface area contributed by atoms with Gasteiger partial charge < -0.3 is 4.52 Å². The standard InChI is InChI=1S/C7H4F2NO/c1-2-3-5-4-6(7(8)9)11-10-5/h4,7H,1H2. The highest BCUT2D eigenvalue weighted by atomic mass is 19.3. The Morgan fingerprint density at radius 2 is 2.36 bits per heavy atom. The van der Waals surface area contributed by atoms with E-state index in [1.54, 1.807) is 0 Å². The summed E-state index contributed by atoms with van der Waals surface area (Å²) in [6.45, 7) is 3.20. The van der Waals surface area contributed by atoms with Crippen molar-refractivity contribution in [2.45, 2.75) is 6.43 Å². The van der Waals surface area contributed by atoms with Crippen LogP contribution in [-0.2, 0) is 0 Å². The highest BCUT2D eigenvalue weighted by Gasteiger charge is 2.12. The van der Waals surface area contributed by atoms with Gasteiger partial charge in [-0.05, 0) is 5.92 Å². The van der Waals surface area contributed by atoms with Crippen molar-refractivity contribution in [3.05, 3.63) is 24.4 Å². The van der Waals surface area contributed by atoms with Crippen molar-refractivity contribution in [1.82, 2.24) is 5.16 Å². The van der Waals surface area contributed by atoms with Gasteiger partial charge >= 0.3 is 0 Å². The van der Waals surface area contributed by atoms with Crippen molar-refractivity contribution < 1.29 is 13.3 Å². The summed E-state index contributed by atoms with van der Waals surface area (Å²) < 4.78 is 27.9. The summed E-state index contributed by atoms with van der Waals surface area (Å²) >= 11 is 0. The number of nitrogens with zero attached hydrogens (tertiary/aromatic N) is 1. The van der Waals surface area contributed by atoms with Crippen LogP contribution < -0.4 is 0 Å². The SMILES string of the molecule is [CH2]C#Cc1cc(C(F)F)on1. The molecular formula is C7H4F2NO. The Hall–Kier alpha value is -1.37. The smallest absolute Gasteiger partial charge is 0.298 e. The van der Waals surface area contributed by atoms with Crippen molar-refractivity contribution in [3.63, 3.8) is 0 Å². The van der Waals surface area contributed by atoms with Crippen LogP contribution in [0, 0.1) is 18.8 Å². The van der Waals surface area contributed by atoms with Crippen LogP contribution in [0.25, 0.3) is 0 Å². The molecule has 4 heteroatoms. The van der Waals surface area contributed by atoms with Crippen molar-refractivity contribution >= 4 is 0 Å². The molecule has 0 N–H and O–H groups in total. The second-order valence-electron chi connectivity index (χ2n) is 1.72. The molecule has 0 bridgehead atoms. The quantitative estimate of drug-likeness (QED) is 0.579. The van der Waals surface area contributed by atoms with Crippen LogP contribution in [-0.4, -0.2) is 5.16 Å². The predicted octanol–water partition coefficient (Wildman–Crippen LogP) is 1.80. The molecule has 0 aliphatic carbocycles. The molecule has 0 saturated heterocycles. The number of hydrogen-bond donors (Lipinski definition) is 0. The number of halogens is 2. The summed E-state index contributed by atoms with van der Waals surface area (Å²) in [5.41, 5.74) is 0.176. The first-order valence-corrected chi connectivity index (χ1v) is 2.77. The molecule has 1 radical (unpaired) electrons. The van der Waals surface area contributed by atoms with Gasteiger partial charge in [0.1, 0.15) is 0 Å². The molecule has 11 heavy (non-hydrogen) atoms. The maximum absolute atomic E-state index is 11.8. The zero-order valence-corrected chi connectivity index (χ0v) is 5.47. The highest BCUT2D eigenvalue weighted by molar-refractivity contribution is 5.27. The maximum Gasteiger partial charge on any atom is 0.298 e. The largest absolute Gasteiger partial charge is 0.354 e. The van der Waals surface area contributed by atoms with Gasteiger partial charge in [0.15, 0.2) is 5.69 Å². The van der Waals surface area contributed by atoms with Crippen LogP contribution in [0.3, 0.4) is 0 Å². The zero-order chi connectivity index (χ0) is 8.27. The fourth-order valence-corrected chi connectivity index (χ4v) is 0.542. The van der Waals surface area contributed by atoms with Crippen LogP contribution in [0.15, 0.2) is 10.6 Å². The zero-order valence-electron chi connectivity index (χ0n) is 5.47. The van der Waals surface area contributed by atoms with Gasteiger partial charge in [-0.2, -0.15) is 0 Å². The van der Waals surface area contributed by atoms with E-state index < -0.39 is 12.2 Å². The fourth-order valence-electron chi connectivity index (χ4n) is 0.542. The third-order valence-corrected chi connectivity index (χ3v) is 0.960. The summed E-state index contributed by atoms with van der Waals surface area (Å²) in [5, 5.41) is 3.26. The number of rotatable bonds is 1. The number of hydrogen-bond acceptors (Lipinski definition) is 2. The topological polar surface area (TPSA) is 26.0 Å². The minimum Gasteiger partial charge on any atom is -0.354 e. The molecule has 1 aromatic heterocycles. The Morgan fingerprint density at radius 3 is 2.82 bits per heavy atom. The highest BCUT2D eigenvalue weighted by Crippen LogP contribution is 2.18. The van der Waals surface area contributed by atoms with Gasteiger partial charge in [0, 0.05) is 13.0 Å². The summed E-state index contributed by atoms with van der Waals surface area (Å²) in [7, 11) is 0. The lowest BCUT2D eigenvalue weighted by Crippen LogP contribution is -1.75. The molecular weight excluding hydrogens is 152 g/mol. The molecule has 57 valence electrons. The third kappa shape index (κ3) is 1.77. The monoisotopic (exact) mass is 156 g/mol. The van der Waals surface area contributed by atoms with Gasteiger partial charge in [-0.3, -0.25) is 0 Å². The second-order valence-corrected chi connectivity index (χ2v) is 1.72. The summed E-state index contributed by atoms with van der Waals surface area (Å²) in [5.74, 6) is 4.18. The minimum absolute atomic E-state index is 0.176. The van der Waals surface area contributed by atoms with Gasteiger partial charge in [0.05, 0.1) is 0 Å². The normalized spacial score (nSPS) is 9.45. The summed E-state index contributed by atoms with van der Waals surface area (Å²) in [6.07, 6.45) is -2.64. The first-order valence-electron chi connectivity index (χ1n) is 2.77. The van der Waals surface area contributed by atoms with Crippen molar-refractivity contribution in [2.24, 2.45) is 0 Å². The van der Waals surface area contributed by atoms with E-state index in [0.29, 0.717) is 0 Å².